The first-order valence-corrected chi connectivity index (χ1v) is 5.99. The van der Waals surface area contributed by atoms with Crippen LogP contribution in [0.25, 0.3) is 0 Å². The van der Waals surface area contributed by atoms with Crippen LogP contribution in [-0.4, -0.2) is 55.9 Å². The summed E-state index contributed by atoms with van der Waals surface area (Å²) in [4.78, 5) is 2.39. The van der Waals surface area contributed by atoms with E-state index in [9.17, 15) is 5.11 Å². The van der Waals surface area contributed by atoms with Gasteiger partial charge in [-0.25, -0.2) is 0 Å². The normalized spacial score (nSPS) is 21.8. The molecule has 0 bridgehead atoms. The van der Waals surface area contributed by atoms with E-state index in [4.69, 9.17) is 5.73 Å². The fourth-order valence-corrected chi connectivity index (χ4v) is 2.01. The fraction of sp³-hybridized carbons (Fsp3) is 1.00. The molecule has 0 aromatic heterocycles. The maximum Gasteiger partial charge on any atom is 0.0786 e. The number of nitrogens with two attached hydrogens (primary N) is 1. The highest BCUT2D eigenvalue weighted by atomic mass is 16.3. The van der Waals surface area contributed by atoms with Crippen LogP contribution in [0.2, 0.25) is 0 Å². The SMILES string of the molecule is CN1CCC(CCNCC(O)CN)CC1. The zero-order valence-electron chi connectivity index (χ0n) is 9.78. The highest BCUT2D eigenvalue weighted by Gasteiger charge is 2.15. The van der Waals surface area contributed by atoms with Gasteiger partial charge in [-0.2, -0.15) is 0 Å². The van der Waals surface area contributed by atoms with Crippen molar-refractivity contribution in [2.45, 2.75) is 25.4 Å². The minimum absolute atomic E-state index is 0.348. The molecule has 0 aromatic rings. The van der Waals surface area contributed by atoms with Crippen molar-refractivity contribution in [3.8, 4) is 0 Å². The summed E-state index contributed by atoms with van der Waals surface area (Å²) in [6, 6.07) is 0. The van der Waals surface area contributed by atoms with Crippen molar-refractivity contribution < 1.29 is 5.11 Å². The Morgan fingerprint density at radius 2 is 2.13 bits per heavy atom. The van der Waals surface area contributed by atoms with Crippen LogP contribution in [0, 0.1) is 5.92 Å². The van der Waals surface area contributed by atoms with Crippen LogP contribution in [0.5, 0.6) is 0 Å². The van der Waals surface area contributed by atoms with Crippen molar-refractivity contribution in [2.75, 3.05) is 39.8 Å². The molecule has 4 nitrogen and oxygen atoms in total. The van der Waals surface area contributed by atoms with E-state index in [1.807, 2.05) is 0 Å². The molecule has 1 atom stereocenters. The van der Waals surface area contributed by atoms with E-state index in [1.165, 1.54) is 32.4 Å². The van der Waals surface area contributed by atoms with Gasteiger partial charge in [0.1, 0.15) is 0 Å². The molecule has 0 aliphatic carbocycles. The van der Waals surface area contributed by atoms with Gasteiger partial charge in [-0.05, 0) is 51.9 Å². The van der Waals surface area contributed by atoms with Crippen molar-refractivity contribution in [1.29, 1.82) is 0 Å². The van der Waals surface area contributed by atoms with Crippen LogP contribution >= 0.6 is 0 Å². The zero-order chi connectivity index (χ0) is 11.1. The van der Waals surface area contributed by atoms with Crippen LogP contribution in [-0.2, 0) is 0 Å². The third-order valence-electron chi connectivity index (χ3n) is 3.22. The summed E-state index contributed by atoms with van der Waals surface area (Å²) in [5.74, 6) is 0.865. The van der Waals surface area contributed by atoms with Gasteiger partial charge in [0, 0.05) is 13.1 Å². The lowest BCUT2D eigenvalue weighted by molar-refractivity contribution is 0.175. The van der Waals surface area contributed by atoms with Gasteiger partial charge in [0.25, 0.3) is 0 Å². The molecule has 0 radical (unpaired) electrons. The average Bonchev–Trinajstić information content (AvgIpc) is 2.26. The summed E-state index contributed by atoms with van der Waals surface area (Å²) < 4.78 is 0. The average molecular weight is 215 g/mol. The summed E-state index contributed by atoms with van der Waals surface area (Å²) in [5.41, 5.74) is 5.32. The number of hydrogen-bond donors (Lipinski definition) is 3. The Labute approximate surface area is 92.8 Å². The Morgan fingerprint density at radius 3 is 2.73 bits per heavy atom. The van der Waals surface area contributed by atoms with Crippen molar-refractivity contribution in [1.82, 2.24) is 10.2 Å². The quantitative estimate of drug-likeness (QED) is 0.529. The van der Waals surface area contributed by atoms with Crippen molar-refractivity contribution in [2.24, 2.45) is 11.7 Å². The minimum Gasteiger partial charge on any atom is -0.390 e. The number of aliphatic hydroxyl groups excluding tert-OH is 1. The second-order valence-corrected chi connectivity index (χ2v) is 4.63. The largest absolute Gasteiger partial charge is 0.390 e. The molecule has 90 valence electrons. The Balaban J connectivity index is 1.96. The lowest BCUT2D eigenvalue weighted by Crippen LogP contribution is -2.35. The molecule has 0 saturated carbocycles. The molecule has 0 aromatic carbocycles. The van der Waals surface area contributed by atoms with E-state index >= 15 is 0 Å². The third-order valence-corrected chi connectivity index (χ3v) is 3.22. The second-order valence-electron chi connectivity index (χ2n) is 4.63. The van der Waals surface area contributed by atoms with Crippen molar-refractivity contribution in [3.63, 3.8) is 0 Å². The van der Waals surface area contributed by atoms with Gasteiger partial charge in [0.2, 0.25) is 0 Å². The molecule has 4 heteroatoms. The van der Waals surface area contributed by atoms with Gasteiger partial charge in [-0.1, -0.05) is 0 Å². The molecule has 1 aliphatic heterocycles. The monoisotopic (exact) mass is 215 g/mol. The van der Waals surface area contributed by atoms with Crippen LogP contribution in [0.3, 0.4) is 0 Å². The first kappa shape index (κ1) is 12.9. The lowest BCUT2D eigenvalue weighted by Gasteiger charge is -2.29. The van der Waals surface area contributed by atoms with E-state index in [1.54, 1.807) is 0 Å². The van der Waals surface area contributed by atoms with E-state index < -0.39 is 0 Å². The van der Waals surface area contributed by atoms with Crippen molar-refractivity contribution >= 4 is 0 Å². The number of aliphatic hydroxyl groups is 1. The lowest BCUT2D eigenvalue weighted by atomic mass is 9.94. The van der Waals surface area contributed by atoms with Gasteiger partial charge >= 0.3 is 0 Å². The molecule has 1 unspecified atom stereocenters. The molecular formula is C11H25N3O. The smallest absolute Gasteiger partial charge is 0.0786 e. The summed E-state index contributed by atoms with van der Waals surface area (Å²) in [7, 11) is 2.19. The topological polar surface area (TPSA) is 61.5 Å². The standard InChI is InChI=1S/C11H25N3O/c1-14-6-3-10(4-7-14)2-5-13-9-11(15)8-12/h10-11,13,15H,2-9,12H2,1H3. The Kier molecular flexibility index (Phi) is 6.17. The molecule has 1 saturated heterocycles. The van der Waals surface area contributed by atoms with Gasteiger partial charge in [0.05, 0.1) is 6.10 Å². The van der Waals surface area contributed by atoms with Gasteiger partial charge in [-0.3, -0.25) is 0 Å². The number of likely N-dealkylation sites (tertiary alicyclic amines) is 1. The third kappa shape index (κ3) is 5.47. The van der Waals surface area contributed by atoms with Gasteiger partial charge in [-0.15, -0.1) is 0 Å². The van der Waals surface area contributed by atoms with Crippen LogP contribution in [0.15, 0.2) is 0 Å². The fourth-order valence-electron chi connectivity index (χ4n) is 2.01. The number of hydrogen-bond acceptors (Lipinski definition) is 4. The van der Waals surface area contributed by atoms with E-state index in [-0.39, 0.29) is 6.10 Å². The first-order valence-electron chi connectivity index (χ1n) is 5.99. The predicted octanol–water partition coefficient (Wildman–Crippen LogP) is -0.372. The second kappa shape index (κ2) is 7.17. The van der Waals surface area contributed by atoms with Crippen LogP contribution in [0.1, 0.15) is 19.3 Å². The number of piperidine rings is 1. The number of nitrogens with zero attached hydrogens (tertiary/aromatic N) is 1. The van der Waals surface area contributed by atoms with E-state index in [2.05, 4.69) is 17.3 Å². The number of nitrogens with one attached hydrogen (secondary N) is 1. The Hall–Kier alpha value is -0.160. The summed E-state index contributed by atoms with van der Waals surface area (Å²) in [6.07, 6.45) is 3.47. The maximum atomic E-state index is 9.24. The Bertz CT molecular complexity index is 158. The molecule has 0 amide bonds. The molecule has 1 aliphatic rings. The van der Waals surface area contributed by atoms with Gasteiger partial charge in [0.15, 0.2) is 0 Å². The van der Waals surface area contributed by atoms with E-state index in [0.29, 0.717) is 13.1 Å². The maximum absolute atomic E-state index is 9.24. The van der Waals surface area contributed by atoms with Gasteiger partial charge < -0.3 is 21.1 Å². The molecule has 15 heavy (non-hydrogen) atoms. The van der Waals surface area contributed by atoms with Crippen molar-refractivity contribution in [3.05, 3.63) is 0 Å². The summed E-state index contributed by atoms with van der Waals surface area (Å²) in [6.45, 7) is 4.45. The van der Waals surface area contributed by atoms with E-state index in [0.717, 1.165) is 12.5 Å². The number of rotatable bonds is 6. The molecule has 1 fully saturated rings. The summed E-state index contributed by atoms with van der Waals surface area (Å²) >= 11 is 0. The molecule has 1 rings (SSSR count). The minimum atomic E-state index is -0.387. The molecule has 0 spiro atoms. The molecule has 1 heterocycles. The molecular weight excluding hydrogens is 190 g/mol. The molecule has 4 N–H and O–H groups in total. The Morgan fingerprint density at radius 1 is 1.47 bits per heavy atom. The first-order chi connectivity index (χ1) is 7.22. The predicted molar refractivity (Wildman–Crippen MR) is 62.8 cm³/mol. The highest BCUT2D eigenvalue weighted by Crippen LogP contribution is 2.18. The van der Waals surface area contributed by atoms with Crippen LogP contribution in [0.4, 0.5) is 0 Å². The zero-order valence-corrected chi connectivity index (χ0v) is 9.78. The summed E-state index contributed by atoms with van der Waals surface area (Å²) in [5, 5.41) is 12.5. The van der Waals surface area contributed by atoms with Crippen LogP contribution < -0.4 is 11.1 Å². The highest BCUT2D eigenvalue weighted by molar-refractivity contribution is 4.71.